The maximum absolute atomic E-state index is 5.91. The minimum Gasteiger partial charge on any atom is -0.494 e. The molecule has 0 bridgehead atoms. The Morgan fingerprint density at radius 1 is 1.00 bits per heavy atom. The third-order valence-corrected chi connectivity index (χ3v) is 5.70. The summed E-state index contributed by atoms with van der Waals surface area (Å²) in [5.74, 6) is 1.02. The molecule has 0 amide bonds. The van der Waals surface area contributed by atoms with Crippen LogP contribution in [0.2, 0.25) is 0 Å². The van der Waals surface area contributed by atoms with Crippen molar-refractivity contribution in [1.29, 1.82) is 0 Å². The van der Waals surface area contributed by atoms with E-state index >= 15 is 0 Å². The molecule has 1 aromatic rings. The minimum absolute atomic E-state index is 0.788. The molecule has 0 aromatic heterocycles. The third kappa shape index (κ3) is 5.49. The first-order valence-corrected chi connectivity index (χ1v) is 9.95. The van der Waals surface area contributed by atoms with Gasteiger partial charge in [0.1, 0.15) is 5.75 Å². The first-order chi connectivity index (χ1) is 11.8. The highest BCUT2D eigenvalue weighted by molar-refractivity contribution is 5.27. The minimum atomic E-state index is 0.788. The lowest BCUT2D eigenvalue weighted by Gasteiger charge is -2.26. The molecule has 1 atom stereocenters. The molecule has 1 unspecified atom stereocenters. The van der Waals surface area contributed by atoms with Crippen LogP contribution in [0.15, 0.2) is 24.3 Å². The molecule has 2 fully saturated rings. The van der Waals surface area contributed by atoms with Crippen LogP contribution < -0.4 is 4.74 Å². The summed E-state index contributed by atoms with van der Waals surface area (Å²) in [4.78, 5) is 5.09. The van der Waals surface area contributed by atoms with Gasteiger partial charge in [0.25, 0.3) is 0 Å². The molecule has 0 aliphatic carbocycles. The number of likely N-dealkylation sites (tertiary alicyclic amines) is 2. The summed E-state index contributed by atoms with van der Waals surface area (Å²) in [6.45, 7) is 5.86. The highest BCUT2D eigenvalue weighted by Crippen LogP contribution is 2.21. The zero-order chi connectivity index (χ0) is 16.6. The van der Waals surface area contributed by atoms with E-state index in [1.807, 2.05) is 0 Å². The van der Waals surface area contributed by atoms with Gasteiger partial charge in [-0.15, -0.1) is 0 Å². The van der Waals surface area contributed by atoms with Crippen molar-refractivity contribution in [3.63, 3.8) is 0 Å². The van der Waals surface area contributed by atoms with Gasteiger partial charge in [-0.05, 0) is 89.3 Å². The molecule has 1 aromatic carbocycles. The predicted molar refractivity (Wildman–Crippen MR) is 101 cm³/mol. The second kappa shape index (κ2) is 9.43. The number of ether oxygens (including phenoxy) is 1. The lowest BCUT2D eigenvalue weighted by atomic mass is 10.0. The second-order valence-corrected chi connectivity index (χ2v) is 7.56. The predicted octanol–water partition coefficient (Wildman–Crippen LogP) is 3.97. The largest absolute Gasteiger partial charge is 0.494 e. The molecule has 2 aliphatic heterocycles. The lowest BCUT2D eigenvalue weighted by Crippen LogP contribution is -2.31. The smallest absolute Gasteiger partial charge is 0.119 e. The summed E-state index contributed by atoms with van der Waals surface area (Å²) < 4.78 is 5.91. The molecule has 0 saturated carbocycles. The van der Waals surface area contributed by atoms with Gasteiger partial charge in [0.2, 0.25) is 0 Å². The van der Waals surface area contributed by atoms with E-state index in [-0.39, 0.29) is 0 Å². The fourth-order valence-electron chi connectivity index (χ4n) is 4.09. The molecule has 3 heteroatoms. The Balaban J connectivity index is 1.32. The summed E-state index contributed by atoms with van der Waals surface area (Å²) in [6.07, 6.45) is 10.5. The Labute approximate surface area is 148 Å². The van der Waals surface area contributed by atoms with E-state index in [1.54, 1.807) is 0 Å². The topological polar surface area (TPSA) is 15.7 Å². The van der Waals surface area contributed by atoms with E-state index in [1.165, 1.54) is 76.7 Å². The third-order valence-electron chi connectivity index (χ3n) is 5.70. The number of rotatable bonds is 8. The van der Waals surface area contributed by atoms with Crippen LogP contribution in [-0.4, -0.2) is 55.7 Å². The average Bonchev–Trinajstić information content (AvgIpc) is 3.04. The number of aryl methyl sites for hydroxylation is 1. The van der Waals surface area contributed by atoms with Crippen molar-refractivity contribution < 1.29 is 4.74 Å². The maximum Gasteiger partial charge on any atom is 0.119 e. The fourth-order valence-corrected chi connectivity index (χ4v) is 4.09. The van der Waals surface area contributed by atoms with E-state index in [0.29, 0.717) is 0 Å². The molecule has 2 heterocycles. The molecule has 0 N–H and O–H groups in total. The normalized spacial score (nSPS) is 22.8. The number of nitrogens with zero attached hydrogens (tertiary/aromatic N) is 2. The van der Waals surface area contributed by atoms with Gasteiger partial charge in [-0.3, -0.25) is 0 Å². The van der Waals surface area contributed by atoms with E-state index in [0.717, 1.165) is 24.8 Å². The van der Waals surface area contributed by atoms with Crippen LogP contribution in [0.4, 0.5) is 0 Å². The van der Waals surface area contributed by atoms with Crippen molar-refractivity contribution in [2.75, 3.05) is 39.8 Å². The zero-order valence-corrected chi connectivity index (χ0v) is 15.4. The summed E-state index contributed by atoms with van der Waals surface area (Å²) in [7, 11) is 2.26. The van der Waals surface area contributed by atoms with E-state index in [9.17, 15) is 0 Å². The van der Waals surface area contributed by atoms with Crippen LogP contribution in [0, 0.1) is 0 Å². The molecule has 3 rings (SSSR count). The molecular weight excluding hydrogens is 296 g/mol. The van der Waals surface area contributed by atoms with Gasteiger partial charge in [-0.2, -0.15) is 0 Å². The lowest BCUT2D eigenvalue weighted by molar-refractivity contribution is 0.205. The van der Waals surface area contributed by atoms with Crippen LogP contribution in [0.3, 0.4) is 0 Å². The SMILES string of the molecule is CN1CCCC1CCc1ccc(OCCCN2CCCCC2)cc1. The van der Waals surface area contributed by atoms with Crippen LogP contribution in [0.5, 0.6) is 5.75 Å². The first kappa shape index (κ1) is 17.8. The van der Waals surface area contributed by atoms with Crippen molar-refractivity contribution in [2.24, 2.45) is 0 Å². The standard InChI is InChI=1S/C21H34N2O/c1-22-14-5-7-20(22)11-8-19-9-12-21(13-10-19)24-18-6-17-23-15-3-2-4-16-23/h9-10,12-13,20H,2-8,11,14-18H2,1H3. The summed E-state index contributed by atoms with van der Waals surface area (Å²) in [5.41, 5.74) is 1.44. The molecular formula is C21H34N2O. The summed E-state index contributed by atoms with van der Waals surface area (Å²) in [6, 6.07) is 9.57. The van der Waals surface area contributed by atoms with Crippen molar-refractivity contribution in [1.82, 2.24) is 9.80 Å². The summed E-state index contributed by atoms with van der Waals surface area (Å²) in [5, 5.41) is 0. The Hall–Kier alpha value is -1.06. The highest BCUT2D eigenvalue weighted by atomic mass is 16.5. The van der Waals surface area contributed by atoms with E-state index in [2.05, 4.69) is 41.1 Å². The Kier molecular flexibility index (Phi) is 6.98. The fraction of sp³-hybridized carbons (Fsp3) is 0.714. The van der Waals surface area contributed by atoms with Gasteiger partial charge in [0, 0.05) is 12.6 Å². The Morgan fingerprint density at radius 3 is 2.50 bits per heavy atom. The average molecular weight is 331 g/mol. The van der Waals surface area contributed by atoms with Crippen molar-refractivity contribution in [3.8, 4) is 5.75 Å². The quantitative estimate of drug-likeness (QED) is 0.671. The van der Waals surface area contributed by atoms with E-state index < -0.39 is 0 Å². The van der Waals surface area contributed by atoms with Gasteiger partial charge in [0.15, 0.2) is 0 Å². The van der Waals surface area contributed by atoms with Crippen molar-refractivity contribution in [2.45, 2.75) is 57.4 Å². The Morgan fingerprint density at radius 2 is 1.79 bits per heavy atom. The number of hydrogen-bond acceptors (Lipinski definition) is 3. The van der Waals surface area contributed by atoms with Crippen LogP contribution >= 0.6 is 0 Å². The second-order valence-electron chi connectivity index (χ2n) is 7.56. The highest BCUT2D eigenvalue weighted by Gasteiger charge is 2.20. The van der Waals surface area contributed by atoms with Gasteiger partial charge < -0.3 is 14.5 Å². The number of benzene rings is 1. The molecule has 134 valence electrons. The zero-order valence-electron chi connectivity index (χ0n) is 15.4. The van der Waals surface area contributed by atoms with Crippen LogP contribution in [0.25, 0.3) is 0 Å². The van der Waals surface area contributed by atoms with Gasteiger partial charge >= 0.3 is 0 Å². The number of piperidine rings is 1. The molecule has 0 radical (unpaired) electrons. The van der Waals surface area contributed by atoms with Gasteiger partial charge in [-0.25, -0.2) is 0 Å². The van der Waals surface area contributed by atoms with Gasteiger partial charge in [0.05, 0.1) is 6.61 Å². The van der Waals surface area contributed by atoms with Gasteiger partial charge in [-0.1, -0.05) is 18.6 Å². The monoisotopic (exact) mass is 330 g/mol. The molecule has 2 aliphatic rings. The molecule has 24 heavy (non-hydrogen) atoms. The molecule has 2 saturated heterocycles. The van der Waals surface area contributed by atoms with Crippen LogP contribution in [0.1, 0.15) is 50.5 Å². The van der Waals surface area contributed by atoms with Crippen molar-refractivity contribution in [3.05, 3.63) is 29.8 Å². The molecule has 3 nitrogen and oxygen atoms in total. The van der Waals surface area contributed by atoms with Crippen LogP contribution in [-0.2, 0) is 6.42 Å². The summed E-state index contributed by atoms with van der Waals surface area (Å²) >= 11 is 0. The van der Waals surface area contributed by atoms with E-state index in [4.69, 9.17) is 4.74 Å². The van der Waals surface area contributed by atoms with Crippen molar-refractivity contribution >= 4 is 0 Å². The first-order valence-electron chi connectivity index (χ1n) is 9.95. The maximum atomic E-state index is 5.91. The number of hydrogen-bond donors (Lipinski definition) is 0. The Bertz CT molecular complexity index is 467. The molecule has 0 spiro atoms.